The zero-order valence-electron chi connectivity index (χ0n) is 35.0. The summed E-state index contributed by atoms with van der Waals surface area (Å²) in [6.07, 6.45) is 20.1. The zero-order chi connectivity index (χ0) is 40.5. The quantitative estimate of drug-likeness (QED) is 0.0234. The number of carbonyl (C=O) groups excluding carboxylic acids is 2. The van der Waals surface area contributed by atoms with E-state index >= 15 is 0 Å². The Labute approximate surface area is 338 Å². The van der Waals surface area contributed by atoms with Gasteiger partial charge >= 0.3 is 19.8 Å². The van der Waals surface area contributed by atoms with Gasteiger partial charge in [-0.25, -0.2) is 4.57 Å². The van der Waals surface area contributed by atoms with E-state index in [1.54, 1.807) is 0 Å². The maximum atomic E-state index is 12.7. The maximum absolute atomic E-state index is 12.7. The van der Waals surface area contributed by atoms with Gasteiger partial charge in [0.15, 0.2) is 6.10 Å². The van der Waals surface area contributed by atoms with Gasteiger partial charge in [0.2, 0.25) is 0 Å². The molecule has 2 aromatic rings. The SMILES string of the molecule is CCCCCCCCCCCCCC(=O)OC[C@H](COP(=O)(O)OCC[N+](C)(C)C)OC(=O)CCCCCCCCC#Cc1ccc2c(c1)Cc1ccccc1-2. The molecule has 0 spiro atoms. The number of phosphoric ester groups is 1. The van der Waals surface area contributed by atoms with Gasteiger partial charge in [0, 0.05) is 24.8 Å². The highest BCUT2D eigenvalue weighted by molar-refractivity contribution is 7.47. The Morgan fingerprint density at radius 1 is 0.732 bits per heavy atom. The number of nitrogens with zero attached hydrogens (tertiary/aromatic N) is 1. The number of likely N-dealkylation sites (N-methyl/N-ethyl adjacent to an activating group) is 1. The number of hydrogen-bond acceptors (Lipinski definition) is 7. The van der Waals surface area contributed by atoms with Crippen LogP contribution in [0.2, 0.25) is 0 Å². The smallest absolute Gasteiger partial charge is 0.462 e. The highest BCUT2D eigenvalue weighted by atomic mass is 31.2. The van der Waals surface area contributed by atoms with Crippen LogP contribution in [0.1, 0.15) is 152 Å². The van der Waals surface area contributed by atoms with Crippen LogP contribution in [-0.2, 0) is 39.1 Å². The van der Waals surface area contributed by atoms with Crippen molar-refractivity contribution in [3.05, 3.63) is 59.2 Å². The first-order valence-corrected chi connectivity index (χ1v) is 22.9. The first-order valence-electron chi connectivity index (χ1n) is 21.4. The maximum Gasteiger partial charge on any atom is 0.472 e. The molecule has 0 saturated heterocycles. The molecular weight excluding hydrogens is 725 g/mol. The lowest BCUT2D eigenvalue weighted by Crippen LogP contribution is -2.37. The van der Waals surface area contributed by atoms with Crippen LogP contribution in [0.5, 0.6) is 0 Å². The van der Waals surface area contributed by atoms with Gasteiger partial charge in [0.05, 0.1) is 27.7 Å². The van der Waals surface area contributed by atoms with E-state index in [1.807, 2.05) is 21.1 Å². The van der Waals surface area contributed by atoms with E-state index < -0.39 is 26.5 Å². The number of hydrogen-bond donors (Lipinski definition) is 1. The van der Waals surface area contributed by atoms with Gasteiger partial charge in [-0.15, -0.1) is 0 Å². The summed E-state index contributed by atoms with van der Waals surface area (Å²) in [4.78, 5) is 35.4. The fourth-order valence-electron chi connectivity index (χ4n) is 6.77. The summed E-state index contributed by atoms with van der Waals surface area (Å²) in [7, 11) is 1.44. The first-order chi connectivity index (χ1) is 27.0. The summed E-state index contributed by atoms with van der Waals surface area (Å²) >= 11 is 0. The molecule has 0 saturated carbocycles. The van der Waals surface area contributed by atoms with Crippen molar-refractivity contribution < 1.29 is 42.1 Å². The number of unbranched alkanes of at least 4 members (excludes halogenated alkanes) is 16. The van der Waals surface area contributed by atoms with Gasteiger partial charge < -0.3 is 18.9 Å². The van der Waals surface area contributed by atoms with Crippen molar-refractivity contribution in [3.8, 4) is 23.0 Å². The number of benzene rings is 2. The Bertz CT molecular complexity index is 1560. The zero-order valence-corrected chi connectivity index (χ0v) is 35.9. The van der Waals surface area contributed by atoms with E-state index in [9.17, 15) is 19.0 Å². The van der Waals surface area contributed by atoms with E-state index in [-0.39, 0.29) is 32.0 Å². The second kappa shape index (κ2) is 26.8. The highest BCUT2D eigenvalue weighted by Crippen LogP contribution is 2.43. The van der Waals surface area contributed by atoms with Crippen molar-refractivity contribution >= 4 is 19.8 Å². The molecule has 0 bridgehead atoms. The van der Waals surface area contributed by atoms with Gasteiger partial charge in [0.25, 0.3) is 0 Å². The van der Waals surface area contributed by atoms with Crippen LogP contribution in [0.25, 0.3) is 11.1 Å². The number of esters is 2. The lowest BCUT2D eigenvalue weighted by atomic mass is 10.0. The minimum Gasteiger partial charge on any atom is -0.462 e. The summed E-state index contributed by atoms with van der Waals surface area (Å²) < 4.78 is 34.3. The molecule has 9 nitrogen and oxygen atoms in total. The van der Waals surface area contributed by atoms with E-state index in [1.165, 1.54) is 73.6 Å². The predicted molar refractivity (Wildman–Crippen MR) is 225 cm³/mol. The fraction of sp³-hybridized carbons (Fsp3) is 0.652. The fourth-order valence-corrected chi connectivity index (χ4v) is 7.52. The molecule has 2 aromatic carbocycles. The Morgan fingerprint density at radius 3 is 1.98 bits per heavy atom. The minimum absolute atomic E-state index is 0.0220. The second-order valence-corrected chi connectivity index (χ2v) is 17.8. The van der Waals surface area contributed by atoms with Crippen LogP contribution in [0.3, 0.4) is 0 Å². The molecule has 0 amide bonds. The number of rotatable bonds is 30. The van der Waals surface area contributed by atoms with Crippen molar-refractivity contribution in [1.29, 1.82) is 0 Å². The molecule has 2 atom stereocenters. The minimum atomic E-state index is -4.39. The molecule has 0 fully saturated rings. The monoisotopic (exact) mass is 796 g/mol. The summed E-state index contributed by atoms with van der Waals surface area (Å²) in [5.41, 5.74) is 6.47. The van der Waals surface area contributed by atoms with Gasteiger partial charge in [-0.2, -0.15) is 0 Å². The number of carbonyl (C=O) groups is 2. The van der Waals surface area contributed by atoms with E-state index in [2.05, 4.69) is 61.2 Å². The third kappa shape index (κ3) is 21.0. The van der Waals surface area contributed by atoms with Crippen molar-refractivity contribution in [2.45, 2.75) is 148 Å². The third-order valence-corrected chi connectivity index (χ3v) is 11.1. The van der Waals surface area contributed by atoms with E-state index in [4.69, 9.17) is 18.5 Å². The summed E-state index contributed by atoms with van der Waals surface area (Å²) in [6.45, 7) is 2.10. The Balaban J connectivity index is 1.29. The van der Waals surface area contributed by atoms with Crippen LogP contribution in [0.15, 0.2) is 42.5 Å². The topological polar surface area (TPSA) is 108 Å². The summed E-state index contributed by atoms with van der Waals surface area (Å²) in [6, 6.07) is 15.1. The molecular formula is C46H71NO8P+. The number of ether oxygens (including phenoxy) is 2. The van der Waals surface area contributed by atoms with Crippen LogP contribution in [0.4, 0.5) is 0 Å². The van der Waals surface area contributed by atoms with Crippen molar-refractivity contribution in [2.24, 2.45) is 0 Å². The molecule has 1 aliphatic carbocycles. The predicted octanol–water partition coefficient (Wildman–Crippen LogP) is 10.7. The lowest BCUT2D eigenvalue weighted by Gasteiger charge is -2.24. The average molecular weight is 797 g/mol. The van der Waals surface area contributed by atoms with Gasteiger partial charge in [-0.05, 0) is 60.1 Å². The molecule has 1 aliphatic rings. The first kappa shape index (κ1) is 47.4. The van der Waals surface area contributed by atoms with Gasteiger partial charge in [-0.3, -0.25) is 18.6 Å². The van der Waals surface area contributed by atoms with Crippen LogP contribution >= 0.6 is 7.82 Å². The average Bonchev–Trinajstić information content (AvgIpc) is 3.53. The molecule has 0 heterocycles. The Morgan fingerprint density at radius 2 is 1.32 bits per heavy atom. The molecule has 10 heteroatoms. The molecule has 0 aromatic heterocycles. The number of phosphoric acid groups is 1. The Kier molecular flexibility index (Phi) is 22.7. The second-order valence-electron chi connectivity index (χ2n) is 16.3. The molecule has 1 unspecified atom stereocenters. The van der Waals surface area contributed by atoms with Crippen LogP contribution < -0.4 is 0 Å². The van der Waals surface area contributed by atoms with Crippen LogP contribution in [0, 0.1) is 11.8 Å². The molecule has 3 rings (SSSR count). The van der Waals surface area contributed by atoms with Crippen molar-refractivity contribution in [3.63, 3.8) is 0 Å². The van der Waals surface area contributed by atoms with E-state index in [0.29, 0.717) is 17.4 Å². The molecule has 0 aliphatic heterocycles. The van der Waals surface area contributed by atoms with Gasteiger partial charge in [-0.1, -0.05) is 139 Å². The molecule has 0 radical (unpaired) electrons. The van der Waals surface area contributed by atoms with Crippen molar-refractivity contribution in [1.82, 2.24) is 0 Å². The summed E-state index contributed by atoms with van der Waals surface area (Å²) in [5, 5.41) is 0. The molecule has 1 N–H and O–H groups in total. The van der Waals surface area contributed by atoms with Crippen molar-refractivity contribution in [2.75, 3.05) is 47.5 Å². The number of quaternary nitrogens is 1. The third-order valence-electron chi connectivity index (χ3n) is 10.1. The highest BCUT2D eigenvalue weighted by Gasteiger charge is 2.27. The normalized spacial score (nSPS) is 13.6. The summed E-state index contributed by atoms with van der Waals surface area (Å²) in [5.74, 6) is 5.84. The largest absolute Gasteiger partial charge is 0.472 e. The Hall–Kier alpha value is -2.99. The number of fused-ring (bicyclic) bond motifs is 3. The van der Waals surface area contributed by atoms with Crippen LogP contribution in [-0.4, -0.2) is 74.9 Å². The molecule has 56 heavy (non-hydrogen) atoms. The van der Waals surface area contributed by atoms with E-state index in [0.717, 1.165) is 69.8 Å². The lowest BCUT2D eigenvalue weighted by molar-refractivity contribution is -0.870. The standard InChI is InChI=1S/C46H70NO8P/c1-5-6-7-8-9-10-11-12-16-19-22-29-45(48)52-37-42(38-54-56(50,51)53-34-33-47(2,3)4)55-46(49)30-23-20-17-14-13-15-18-21-26-39-31-32-44-41(35-39)36-40-27-24-25-28-43(40)44/h24-25,27-28,31-32,35,42H,5-20,22-23,29-30,33-34,36-38H2,1-4H3/p+1/t42-/m1/s1. The molecule has 312 valence electrons. The van der Waals surface area contributed by atoms with Gasteiger partial charge in [0.1, 0.15) is 19.8 Å².